The number of aliphatic hydroxyl groups is 1. The number of hydrogen-bond donors (Lipinski definition) is 1. The number of hydrogen-bond acceptors (Lipinski definition) is 2. The molecular weight excluding hydrogens is 150 g/mol. The minimum Gasteiger partial charge on any atom is -0.395 e. The molecule has 0 aromatic carbocycles. The van der Waals surface area contributed by atoms with Crippen molar-refractivity contribution in [2.75, 3.05) is 20.2 Å². The van der Waals surface area contributed by atoms with E-state index in [0.29, 0.717) is 18.6 Å². The normalized spacial score (nSPS) is 30.8. The molecule has 1 rings (SSSR count). The van der Waals surface area contributed by atoms with Gasteiger partial charge in [-0.3, -0.25) is 0 Å². The maximum atomic E-state index is 8.99. The minimum atomic E-state index is 0.317. The number of aliphatic hydroxyl groups excluding tert-OH is 1. The molecular formula is C10H23NO. The van der Waals surface area contributed by atoms with Crippen molar-refractivity contribution in [3.8, 4) is 0 Å². The van der Waals surface area contributed by atoms with Gasteiger partial charge < -0.3 is 10.0 Å². The van der Waals surface area contributed by atoms with Crippen LogP contribution in [0.4, 0.5) is 0 Å². The van der Waals surface area contributed by atoms with E-state index in [1.807, 2.05) is 13.8 Å². The Bertz CT molecular complexity index is 96.0. The summed E-state index contributed by atoms with van der Waals surface area (Å²) in [6.07, 6.45) is 2.56. The average molecular weight is 173 g/mol. The van der Waals surface area contributed by atoms with E-state index in [9.17, 15) is 0 Å². The van der Waals surface area contributed by atoms with Crippen LogP contribution in [-0.4, -0.2) is 36.2 Å². The van der Waals surface area contributed by atoms with E-state index in [0.717, 1.165) is 6.54 Å². The zero-order chi connectivity index (χ0) is 9.56. The number of rotatable bonds is 1. The van der Waals surface area contributed by atoms with Gasteiger partial charge in [0.15, 0.2) is 0 Å². The zero-order valence-corrected chi connectivity index (χ0v) is 8.88. The maximum absolute atomic E-state index is 8.99. The third kappa shape index (κ3) is 3.11. The van der Waals surface area contributed by atoms with E-state index in [2.05, 4.69) is 18.9 Å². The molecule has 2 atom stereocenters. The smallest absolute Gasteiger partial charge is 0.0589 e. The molecule has 0 amide bonds. The Hall–Kier alpha value is -0.0800. The molecule has 0 aromatic rings. The van der Waals surface area contributed by atoms with Gasteiger partial charge in [0.05, 0.1) is 6.61 Å². The molecule has 2 heteroatoms. The van der Waals surface area contributed by atoms with Crippen molar-refractivity contribution in [2.24, 2.45) is 5.92 Å². The van der Waals surface area contributed by atoms with Crippen LogP contribution in [0.15, 0.2) is 0 Å². The van der Waals surface area contributed by atoms with Crippen molar-refractivity contribution in [3.63, 3.8) is 0 Å². The fourth-order valence-corrected chi connectivity index (χ4v) is 1.77. The monoisotopic (exact) mass is 173 g/mol. The molecule has 0 aromatic heterocycles. The highest BCUT2D eigenvalue weighted by Crippen LogP contribution is 2.20. The standard InChI is InChI=1S/C8H17NO.C2H6/c1-7-4-3-5-9(2)8(7)6-10;1-2/h7-8,10H,3-6H2,1-2H3;1-2H3. The summed E-state index contributed by atoms with van der Waals surface area (Å²) in [5.74, 6) is 0.670. The van der Waals surface area contributed by atoms with Crippen molar-refractivity contribution in [2.45, 2.75) is 39.7 Å². The van der Waals surface area contributed by atoms with Gasteiger partial charge in [0.2, 0.25) is 0 Å². The Morgan fingerprint density at radius 2 is 2.00 bits per heavy atom. The molecule has 0 radical (unpaired) electrons. The summed E-state index contributed by atoms with van der Waals surface area (Å²) >= 11 is 0. The third-order valence-electron chi connectivity index (χ3n) is 2.58. The van der Waals surface area contributed by atoms with E-state index >= 15 is 0 Å². The highest BCUT2D eigenvalue weighted by Gasteiger charge is 2.24. The van der Waals surface area contributed by atoms with Crippen molar-refractivity contribution < 1.29 is 5.11 Å². The molecule has 0 spiro atoms. The average Bonchev–Trinajstić information content (AvgIpc) is 2.08. The number of nitrogens with zero attached hydrogens (tertiary/aromatic N) is 1. The minimum absolute atomic E-state index is 0.317. The molecule has 2 nitrogen and oxygen atoms in total. The van der Waals surface area contributed by atoms with Crippen molar-refractivity contribution in [1.82, 2.24) is 4.90 Å². The molecule has 1 fully saturated rings. The lowest BCUT2D eigenvalue weighted by molar-refractivity contribution is 0.0738. The highest BCUT2D eigenvalue weighted by molar-refractivity contribution is 4.78. The van der Waals surface area contributed by atoms with Gasteiger partial charge >= 0.3 is 0 Å². The fraction of sp³-hybridized carbons (Fsp3) is 1.00. The van der Waals surface area contributed by atoms with Crippen LogP contribution in [-0.2, 0) is 0 Å². The van der Waals surface area contributed by atoms with Crippen LogP contribution in [0.5, 0.6) is 0 Å². The molecule has 1 N–H and O–H groups in total. The highest BCUT2D eigenvalue weighted by atomic mass is 16.3. The molecule has 0 aliphatic carbocycles. The van der Waals surface area contributed by atoms with E-state index in [1.54, 1.807) is 0 Å². The van der Waals surface area contributed by atoms with Crippen LogP contribution in [0, 0.1) is 5.92 Å². The fourth-order valence-electron chi connectivity index (χ4n) is 1.77. The van der Waals surface area contributed by atoms with Gasteiger partial charge in [-0.2, -0.15) is 0 Å². The lowest BCUT2D eigenvalue weighted by Gasteiger charge is -2.36. The Balaban J connectivity index is 0.000000561. The summed E-state index contributed by atoms with van der Waals surface area (Å²) in [6, 6.07) is 0.411. The molecule has 0 saturated carbocycles. The van der Waals surface area contributed by atoms with E-state index in [-0.39, 0.29) is 0 Å². The summed E-state index contributed by atoms with van der Waals surface area (Å²) in [7, 11) is 2.09. The summed E-state index contributed by atoms with van der Waals surface area (Å²) in [5.41, 5.74) is 0. The van der Waals surface area contributed by atoms with Crippen molar-refractivity contribution in [1.29, 1.82) is 0 Å². The molecule has 1 saturated heterocycles. The van der Waals surface area contributed by atoms with Crippen LogP contribution in [0.1, 0.15) is 33.6 Å². The van der Waals surface area contributed by atoms with E-state index in [1.165, 1.54) is 12.8 Å². The molecule has 12 heavy (non-hydrogen) atoms. The Morgan fingerprint density at radius 3 is 2.33 bits per heavy atom. The van der Waals surface area contributed by atoms with E-state index < -0.39 is 0 Å². The van der Waals surface area contributed by atoms with Crippen LogP contribution < -0.4 is 0 Å². The predicted molar refractivity (Wildman–Crippen MR) is 53.2 cm³/mol. The Labute approximate surface area is 76.6 Å². The summed E-state index contributed by atoms with van der Waals surface area (Å²) in [5, 5.41) is 8.99. The summed E-state index contributed by atoms with van der Waals surface area (Å²) in [4.78, 5) is 2.26. The van der Waals surface area contributed by atoms with Crippen molar-refractivity contribution in [3.05, 3.63) is 0 Å². The summed E-state index contributed by atoms with van der Waals surface area (Å²) < 4.78 is 0. The molecule has 1 aliphatic heterocycles. The second-order valence-corrected chi connectivity index (χ2v) is 3.35. The Morgan fingerprint density at radius 1 is 1.42 bits per heavy atom. The topological polar surface area (TPSA) is 23.5 Å². The molecule has 2 unspecified atom stereocenters. The first-order valence-corrected chi connectivity index (χ1v) is 5.07. The molecule has 1 heterocycles. The van der Waals surface area contributed by atoms with Gasteiger partial charge in [0.1, 0.15) is 0 Å². The third-order valence-corrected chi connectivity index (χ3v) is 2.58. The first kappa shape index (κ1) is 11.9. The Kier molecular flexibility index (Phi) is 6.39. The SMILES string of the molecule is CC.CC1CCCN(C)C1CO. The van der Waals surface area contributed by atoms with Crippen LogP contribution in [0.3, 0.4) is 0 Å². The first-order chi connectivity index (χ1) is 5.75. The number of likely N-dealkylation sites (tertiary alicyclic amines) is 1. The predicted octanol–water partition coefficient (Wildman–Crippen LogP) is 1.74. The lowest BCUT2D eigenvalue weighted by Crippen LogP contribution is -2.43. The number of piperidine rings is 1. The van der Waals surface area contributed by atoms with Gasteiger partial charge in [-0.25, -0.2) is 0 Å². The van der Waals surface area contributed by atoms with Crippen LogP contribution >= 0.6 is 0 Å². The van der Waals surface area contributed by atoms with Gasteiger partial charge in [-0.1, -0.05) is 20.8 Å². The molecule has 0 bridgehead atoms. The maximum Gasteiger partial charge on any atom is 0.0589 e. The van der Waals surface area contributed by atoms with Gasteiger partial charge in [0.25, 0.3) is 0 Å². The molecule has 1 aliphatic rings. The lowest BCUT2D eigenvalue weighted by atomic mass is 9.92. The quantitative estimate of drug-likeness (QED) is 0.653. The van der Waals surface area contributed by atoms with Gasteiger partial charge in [-0.15, -0.1) is 0 Å². The van der Waals surface area contributed by atoms with Gasteiger partial charge in [0, 0.05) is 6.04 Å². The first-order valence-electron chi connectivity index (χ1n) is 5.07. The molecule has 74 valence electrons. The number of likely N-dealkylation sites (N-methyl/N-ethyl adjacent to an activating group) is 1. The largest absolute Gasteiger partial charge is 0.395 e. The van der Waals surface area contributed by atoms with Crippen molar-refractivity contribution >= 4 is 0 Å². The zero-order valence-electron chi connectivity index (χ0n) is 8.88. The van der Waals surface area contributed by atoms with Crippen LogP contribution in [0.2, 0.25) is 0 Å². The van der Waals surface area contributed by atoms with E-state index in [4.69, 9.17) is 5.11 Å². The van der Waals surface area contributed by atoms with Gasteiger partial charge in [-0.05, 0) is 32.4 Å². The summed E-state index contributed by atoms with van der Waals surface area (Å²) in [6.45, 7) is 7.68. The second kappa shape index (κ2) is 6.44. The second-order valence-electron chi connectivity index (χ2n) is 3.35. The van der Waals surface area contributed by atoms with Crippen LogP contribution in [0.25, 0.3) is 0 Å².